The first-order valence-corrected chi connectivity index (χ1v) is 12.5. The first kappa shape index (κ1) is 24.4. The second-order valence-electron chi connectivity index (χ2n) is 7.36. The predicted octanol–water partition coefficient (Wildman–Crippen LogP) is 3.61. The third-order valence-corrected chi connectivity index (χ3v) is 7.81. The largest absolute Gasteiger partial charge is 0.435 e. The van der Waals surface area contributed by atoms with E-state index in [1.807, 2.05) is 0 Å². The van der Waals surface area contributed by atoms with Crippen molar-refractivity contribution >= 4 is 27.7 Å². The minimum absolute atomic E-state index is 0.0603. The van der Waals surface area contributed by atoms with Gasteiger partial charge >= 0.3 is 6.61 Å². The van der Waals surface area contributed by atoms with Gasteiger partial charge in [0, 0.05) is 32.9 Å². The van der Waals surface area contributed by atoms with Crippen LogP contribution in [0, 0.1) is 0 Å². The van der Waals surface area contributed by atoms with Crippen LogP contribution in [0.4, 0.5) is 8.78 Å². The summed E-state index contributed by atoms with van der Waals surface area (Å²) in [5, 5.41) is 0.554. The predicted molar refractivity (Wildman–Crippen MR) is 117 cm³/mol. The van der Waals surface area contributed by atoms with Crippen LogP contribution in [0.15, 0.2) is 52.5 Å². The molecule has 11 heteroatoms. The molecule has 32 heavy (non-hydrogen) atoms. The third-order valence-electron chi connectivity index (χ3n) is 5.00. The van der Waals surface area contributed by atoms with E-state index in [2.05, 4.69) is 9.72 Å². The van der Waals surface area contributed by atoms with E-state index < -0.39 is 16.6 Å². The molecule has 0 aliphatic carbocycles. The average Bonchev–Trinajstić information content (AvgIpc) is 2.79. The van der Waals surface area contributed by atoms with Crippen molar-refractivity contribution in [3.05, 3.63) is 48.2 Å². The van der Waals surface area contributed by atoms with Crippen LogP contribution in [0.1, 0.15) is 24.8 Å². The van der Waals surface area contributed by atoms with Crippen molar-refractivity contribution in [2.75, 3.05) is 25.9 Å². The molecule has 1 amide bonds. The number of nitrogens with zero attached hydrogens (tertiary/aromatic N) is 3. The molecule has 0 saturated carbocycles. The van der Waals surface area contributed by atoms with Crippen LogP contribution < -0.4 is 4.74 Å². The number of hydrogen-bond donors (Lipinski definition) is 0. The number of pyridine rings is 1. The van der Waals surface area contributed by atoms with Crippen molar-refractivity contribution in [2.45, 2.75) is 42.3 Å². The zero-order chi connectivity index (χ0) is 23.1. The SMILES string of the molecule is CN(Cc1ccc(OC(F)F)cc1)C(=O)CSc1ccc(S(=O)(=O)N2CCCCC2)cn1. The summed E-state index contributed by atoms with van der Waals surface area (Å²) < 4.78 is 55.6. The summed E-state index contributed by atoms with van der Waals surface area (Å²) in [6.07, 6.45) is 4.11. The quantitative estimate of drug-likeness (QED) is 0.505. The molecule has 0 unspecified atom stereocenters. The Balaban J connectivity index is 1.50. The molecular weight excluding hydrogens is 460 g/mol. The lowest BCUT2D eigenvalue weighted by Gasteiger charge is -2.25. The van der Waals surface area contributed by atoms with Gasteiger partial charge in [-0.25, -0.2) is 13.4 Å². The minimum Gasteiger partial charge on any atom is -0.435 e. The van der Waals surface area contributed by atoms with Gasteiger partial charge in [0.1, 0.15) is 10.6 Å². The first-order chi connectivity index (χ1) is 15.3. The zero-order valence-corrected chi connectivity index (χ0v) is 19.2. The van der Waals surface area contributed by atoms with Crippen LogP contribution >= 0.6 is 11.8 Å². The van der Waals surface area contributed by atoms with E-state index in [1.54, 1.807) is 25.2 Å². The molecular formula is C21H25F2N3O4S2. The summed E-state index contributed by atoms with van der Waals surface area (Å²) in [4.78, 5) is 18.3. The number of sulfonamides is 1. The molecule has 174 valence electrons. The number of ether oxygens (including phenoxy) is 1. The van der Waals surface area contributed by atoms with Gasteiger partial charge in [0.2, 0.25) is 15.9 Å². The zero-order valence-electron chi connectivity index (χ0n) is 17.6. The van der Waals surface area contributed by atoms with Crippen LogP contribution in [-0.2, 0) is 21.4 Å². The van der Waals surface area contributed by atoms with Gasteiger partial charge in [0.25, 0.3) is 0 Å². The van der Waals surface area contributed by atoms with E-state index in [9.17, 15) is 22.0 Å². The lowest BCUT2D eigenvalue weighted by molar-refractivity contribution is -0.127. The van der Waals surface area contributed by atoms with Gasteiger partial charge in [-0.1, -0.05) is 30.3 Å². The van der Waals surface area contributed by atoms with Crippen molar-refractivity contribution < 1.29 is 26.7 Å². The smallest absolute Gasteiger partial charge is 0.387 e. The minimum atomic E-state index is -3.53. The Labute approximate surface area is 190 Å². The Morgan fingerprint density at radius 3 is 2.44 bits per heavy atom. The summed E-state index contributed by atoms with van der Waals surface area (Å²) in [7, 11) is -1.89. The highest BCUT2D eigenvalue weighted by atomic mass is 32.2. The number of aromatic nitrogens is 1. The van der Waals surface area contributed by atoms with Gasteiger partial charge in [-0.15, -0.1) is 0 Å². The van der Waals surface area contributed by atoms with Crippen LogP contribution in [0.25, 0.3) is 0 Å². The summed E-state index contributed by atoms with van der Waals surface area (Å²) in [6, 6.07) is 9.23. The van der Waals surface area contributed by atoms with Gasteiger partial charge in [-0.2, -0.15) is 13.1 Å². The molecule has 0 atom stereocenters. The maximum Gasteiger partial charge on any atom is 0.387 e. The number of halogens is 2. The number of carbonyl (C=O) groups excluding carboxylic acids is 1. The molecule has 0 bridgehead atoms. The van der Waals surface area contributed by atoms with E-state index in [-0.39, 0.29) is 22.3 Å². The molecule has 0 spiro atoms. The molecule has 1 saturated heterocycles. The summed E-state index contributed by atoms with van der Waals surface area (Å²) >= 11 is 1.22. The molecule has 1 aliphatic rings. The lowest BCUT2D eigenvalue weighted by Crippen LogP contribution is -2.35. The number of alkyl halides is 2. The molecule has 0 N–H and O–H groups in total. The molecule has 1 aromatic heterocycles. The van der Waals surface area contributed by atoms with Crippen molar-refractivity contribution in [3.63, 3.8) is 0 Å². The topological polar surface area (TPSA) is 79.8 Å². The Morgan fingerprint density at radius 1 is 1.16 bits per heavy atom. The van der Waals surface area contributed by atoms with E-state index in [1.165, 1.54) is 45.4 Å². The number of hydrogen-bond acceptors (Lipinski definition) is 6. The van der Waals surface area contributed by atoms with Crippen LogP contribution in [-0.4, -0.2) is 61.0 Å². The van der Waals surface area contributed by atoms with Crippen LogP contribution in [0.3, 0.4) is 0 Å². The maximum atomic E-state index is 12.7. The Bertz CT molecular complexity index is 997. The van der Waals surface area contributed by atoms with Gasteiger partial charge < -0.3 is 9.64 Å². The number of thioether (sulfide) groups is 1. The van der Waals surface area contributed by atoms with Gasteiger partial charge in [-0.05, 0) is 42.7 Å². The van der Waals surface area contributed by atoms with Crippen molar-refractivity contribution in [1.82, 2.24) is 14.2 Å². The lowest BCUT2D eigenvalue weighted by atomic mass is 10.2. The summed E-state index contributed by atoms with van der Waals surface area (Å²) in [6.45, 7) is -1.51. The molecule has 7 nitrogen and oxygen atoms in total. The number of carbonyl (C=O) groups is 1. The van der Waals surface area contributed by atoms with E-state index in [4.69, 9.17) is 0 Å². The molecule has 1 aliphatic heterocycles. The fraction of sp³-hybridized carbons (Fsp3) is 0.429. The van der Waals surface area contributed by atoms with Gasteiger partial charge in [-0.3, -0.25) is 4.79 Å². The fourth-order valence-corrected chi connectivity index (χ4v) is 5.49. The highest BCUT2D eigenvalue weighted by Gasteiger charge is 2.26. The maximum absolute atomic E-state index is 12.7. The van der Waals surface area contributed by atoms with Crippen LogP contribution in [0.5, 0.6) is 5.75 Å². The van der Waals surface area contributed by atoms with Crippen LogP contribution in [0.2, 0.25) is 0 Å². The molecule has 1 aromatic carbocycles. The number of piperidine rings is 1. The molecule has 2 aromatic rings. The van der Waals surface area contributed by atoms with E-state index in [0.29, 0.717) is 24.7 Å². The number of rotatable bonds is 9. The van der Waals surface area contributed by atoms with E-state index in [0.717, 1.165) is 24.8 Å². The molecule has 1 fully saturated rings. The Hall–Kier alpha value is -2.24. The fourth-order valence-electron chi connectivity index (χ4n) is 3.24. The second-order valence-corrected chi connectivity index (χ2v) is 10.3. The molecule has 3 rings (SSSR count). The Morgan fingerprint density at radius 2 is 1.84 bits per heavy atom. The molecule has 0 radical (unpaired) electrons. The number of benzene rings is 1. The summed E-state index contributed by atoms with van der Waals surface area (Å²) in [5.41, 5.74) is 0.776. The third kappa shape index (κ3) is 6.63. The summed E-state index contributed by atoms with van der Waals surface area (Å²) in [5.74, 6) is 0.0497. The Kier molecular flexibility index (Phi) is 8.44. The standard InChI is InChI=1S/C21H25F2N3O4S2/c1-25(14-16-5-7-17(8-6-16)30-21(22)23)20(27)15-31-19-10-9-18(13-24-19)32(28,29)26-11-3-2-4-12-26/h5-10,13,21H,2-4,11-12,14-15H2,1H3. The average molecular weight is 486 g/mol. The molecule has 2 heterocycles. The second kappa shape index (κ2) is 11.1. The van der Waals surface area contributed by atoms with Crippen molar-refractivity contribution in [1.29, 1.82) is 0 Å². The van der Waals surface area contributed by atoms with Crippen molar-refractivity contribution in [3.8, 4) is 5.75 Å². The van der Waals surface area contributed by atoms with Gasteiger partial charge in [0.05, 0.1) is 10.8 Å². The first-order valence-electron chi connectivity index (χ1n) is 10.1. The normalized spacial score (nSPS) is 15.0. The van der Waals surface area contributed by atoms with E-state index >= 15 is 0 Å². The van der Waals surface area contributed by atoms with Crippen molar-refractivity contribution in [2.24, 2.45) is 0 Å². The highest BCUT2D eigenvalue weighted by Crippen LogP contribution is 2.23. The van der Waals surface area contributed by atoms with Gasteiger partial charge in [0.15, 0.2) is 0 Å². The number of amides is 1. The monoisotopic (exact) mass is 485 g/mol. The highest BCUT2D eigenvalue weighted by molar-refractivity contribution is 7.99.